The number of nitrogens with zero attached hydrogens (tertiary/aromatic N) is 1. The summed E-state index contributed by atoms with van der Waals surface area (Å²) in [6.07, 6.45) is 1.55. The monoisotopic (exact) mass is 478 g/mol. The number of hydrogen-bond donors (Lipinski definition) is 3. The van der Waals surface area contributed by atoms with Crippen molar-refractivity contribution < 1.29 is 4.79 Å². The molecular formula is C21H27IN4O. The molecule has 0 fully saturated rings. The molecule has 0 bridgehead atoms. The number of guanidine groups is 1. The molecule has 2 atom stereocenters. The second-order valence-corrected chi connectivity index (χ2v) is 6.82. The van der Waals surface area contributed by atoms with E-state index in [1.54, 1.807) is 0 Å². The van der Waals surface area contributed by atoms with E-state index in [-0.39, 0.29) is 35.8 Å². The molecule has 0 radical (unpaired) electrons. The summed E-state index contributed by atoms with van der Waals surface area (Å²) < 4.78 is 0. The number of halogens is 1. The first-order valence-corrected chi connectivity index (χ1v) is 9.12. The molecule has 1 aliphatic heterocycles. The standard InChI is InChI=1S/C21H26N4O.HI/c1-3-14(2)15-8-10-17(11-9-15)24-21(22)23-13-16-12-20(26)25-19-7-5-4-6-18(16)19;/h4-11,14,16H,3,12-13H2,1-2H3,(H,25,26)(H3,22,23,24);1H. The van der Waals surface area contributed by atoms with Gasteiger partial charge in [0.15, 0.2) is 5.96 Å². The van der Waals surface area contributed by atoms with Gasteiger partial charge in [0.1, 0.15) is 0 Å². The molecule has 5 nitrogen and oxygen atoms in total. The molecule has 4 N–H and O–H groups in total. The van der Waals surface area contributed by atoms with Crippen LogP contribution in [0, 0.1) is 0 Å². The summed E-state index contributed by atoms with van der Waals surface area (Å²) in [5.41, 5.74) is 10.3. The molecule has 2 aromatic rings. The normalized spacial score (nSPS) is 17.3. The number of rotatable bonds is 5. The molecule has 0 aliphatic carbocycles. The Kier molecular flexibility index (Phi) is 7.65. The van der Waals surface area contributed by atoms with Crippen LogP contribution >= 0.6 is 24.0 Å². The summed E-state index contributed by atoms with van der Waals surface area (Å²) in [5, 5.41) is 6.03. The number of carbonyl (C=O) groups is 1. The van der Waals surface area contributed by atoms with E-state index < -0.39 is 0 Å². The van der Waals surface area contributed by atoms with Crippen LogP contribution in [-0.4, -0.2) is 18.4 Å². The number of benzene rings is 2. The second kappa shape index (κ2) is 9.73. The van der Waals surface area contributed by atoms with Gasteiger partial charge in [-0.1, -0.05) is 44.2 Å². The van der Waals surface area contributed by atoms with E-state index in [1.807, 2.05) is 36.4 Å². The highest BCUT2D eigenvalue weighted by molar-refractivity contribution is 14.0. The topological polar surface area (TPSA) is 79.5 Å². The number of amides is 1. The largest absolute Gasteiger partial charge is 0.370 e. The van der Waals surface area contributed by atoms with E-state index in [9.17, 15) is 4.79 Å². The molecule has 144 valence electrons. The Balaban J connectivity index is 0.00000261. The number of carbonyl (C=O) groups excluding carboxylic acids is 1. The third-order valence-corrected chi connectivity index (χ3v) is 4.95. The number of hydrogen-bond acceptors (Lipinski definition) is 2. The molecule has 0 aromatic heterocycles. The molecule has 3 rings (SSSR count). The van der Waals surface area contributed by atoms with E-state index in [0.717, 1.165) is 23.4 Å². The van der Waals surface area contributed by atoms with E-state index in [2.05, 4.69) is 41.6 Å². The maximum absolute atomic E-state index is 11.9. The van der Waals surface area contributed by atoms with Crippen molar-refractivity contribution in [3.05, 3.63) is 59.7 Å². The van der Waals surface area contributed by atoms with Crippen LogP contribution in [0.4, 0.5) is 11.4 Å². The lowest BCUT2D eigenvalue weighted by atomic mass is 9.91. The van der Waals surface area contributed by atoms with Gasteiger partial charge in [-0.3, -0.25) is 9.79 Å². The highest BCUT2D eigenvalue weighted by Gasteiger charge is 2.24. The minimum Gasteiger partial charge on any atom is -0.370 e. The first-order valence-electron chi connectivity index (χ1n) is 9.12. The van der Waals surface area contributed by atoms with E-state index in [0.29, 0.717) is 24.8 Å². The second-order valence-electron chi connectivity index (χ2n) is 6.82. The SMILES string of the molecule is CCC(C)c1ccc(NC(N)=NCC2CC(=O)Nc3ccccc32)cc1.I. The molecule has 2 unspecified atom stereocenters. The third-order valence-electron chi connectivity index (χ3n) is 4.95. The average molecular weight is 478 g/mol. The third kappa shape index (κ3) is 5.45. The van der Waals surface area contributed by atoms with Crippen LogP contribution in [0.25, 0.3) is 0 Å². The molecule has 0 saturated heterocycles. The van der Waals surface area contributed by atoms with Crippen molar-refractivity contribution in [1.82, 2.24) is 0 Å². The van der Waals surface area contributed by atoms with Gasteiger partial charge in [-0.25, -0.2) is 0 Å². The van der Waals surface area contributed by atoms with Crippen LogP contribution in [0.1, 0.15) is 49.7 Å². The molecule has 6 heteroatoms. The predicted octanol–water partition coefficient (Wildman–Crippen LogP) is 4.67. The first-order chi connectivity index (χ1) is 12.6. The zero-order valence-corrected chi connectivity index (χ0v) is 18.1. The smallest absolute Gasteiger partial charge is 0.225 e. The molecule has 1 aliphatic rings. The quantitative estimate of drug-likeness (QED) is 0.332. The molecule has 0 spiro atoms. The summed E-state index contributed by atoms with van der Waals surface area (Å²) in [6, 6.07) is 16.1. The van der Waals surface area contributed by atoms with Crippen LogP contribution in [-0.2, 0) is 4.79 Å². The fraction of sp³-hybridized carbons (Fsp3) is 0.333. The molecule has 1 heterocycles. The fourth-order valence-corrected chi connectivity index (χ4v) is 3.19. The lowest BCUT2D eigenvalue weighted by molar-refractivity contribution is -0.116. The number of para-hydroxylation sites is 1. The number of aliphatic imine (C=N–C) groups is 1. The minimum absolute atomic E-state index is 0. The molecule has 0 saturated carbocycles. The van der Waals surface area contributed by atoms with Crippen LogP contribution in [0.5, 0.6) is 0 Å². The van der Waals surface area contributed by atoms with Crippen LogP contribution in [0.15, 0.2) is 53.5 Å². The van der Waals surface area contributed by atoms with Crippen molar-refractivity contribution in [2.24, 2.45) is 10.7 Å². The van der Waals surface area contributed by atoms with Gasteiger partial charge in [-0.05, 0) is 41.7 Å². The Morgan fingerprint density at radius 3 is 2.67 bits per heavy atom. The van der Waals surface area contributed by atoms with Crippen molar-refractivity contribution in [3.8, 4) is 0 Å². The zero-order chi connectivity index (χ0) is 18.5. The number of nitrogens with two attached hydrogens (primary N) is 1. The van der Waals surface area contributed by atoms with Gasteiger partial charge < -0.3 is 16.4 Å². The summed E-state index contributed by atoms with van der Waals surface area (Å²) in [6.45, 7) is 4.88. The van der Waals surface area contributed by atoms with Crippen LogP contribution in [0.2, 0.25) is 0 Å². The van der Waals surface area contributed by atoms with Crippen molar-refractivity contribution in [2.75, 3.05) is 17.2 Å². The Hall–Kier alpha value is -2.09. The predicted molar refractivity (Wildman–Crippen MR) is 123 cm³/mol. The average Bonchev–Trinajstić information content (AvgIpc) is 2.66. The van der Waals surface area contributed by atoms with Crippen molar-refractivity contribution >= 4 is 47.2 Å². The Morgan fingerprint density at radius 1 is 1.26 bits per heavy atom. The number of nitrogens with one attached hydrogen (secondary N) is 2. The fourth-order valence-electron chi connectivity index (χ4n) is 3.19. The van der Waals surface area contributed by atoms with Gasteiger partial charge in [0.2, 0.25) is 5.91 Å². The Labute approximate surface area is 177 Å². The summed E-state index contributed by atoms with van der Waals surface area (Å²) in [4.78, 5) is 16.3. The van der Waals surface area contributed by atoms with Gasteiger partial charge in [0, 0.05) is 23.7 Å². The number of anilines is 2. The van der Waals surface area contributed by atoms with Crippen LogP contribution < -0.4 is 16.4 Å². The molecule has 2 aromatic carbocycles. The summed E-state index contributed by atoms with van der Waals surface area (Å²) in [5.74, 6) is 0.987. The van der Waals surface area contributed by atoms with E-state index >= 15 is 0 Å². The van der Waals surface area contributed by atoms with E-state index in [1.165, 1.54) is 5.56 Å². The maximum atomic E-state index is 11.9. The van der Waals surface area contributed by atoms with Gasteiger partial charge in [-0.2, -0.15) is 0 Å². The summed E-state index contributed by atoms with van der Waals surface area (Å²) in [7, 11) is 0. The van der Waals surface area contributed by atoms with Crippen LogP contribution in [0.3, 0.4) is 0 Å². The molecule has 27 heavy (non-hydrogen) atoms. The minimum atomic E-state index is 0. The number of fused-ring (bicyclic) bond motifs is 1. The lowest BCUT2D eigenvalue weighted by Crippen LogP contribution is -2.27. The maximum Gasteiger partial charge on any atom is 0.225 e. The van der Waals surface area contributed by atoms with Crippen molar-refractivity contribution in [2.45, 2.75) is 38.5 Å². The molecular weight excluding hydrogens is 451 g/mol. The van der Waals surface area contributed by atoms with Gasteiger partial charge in [0.05, 0.1) is 6.54 Å². The lowest BCUT2D eigenvalue weighted by Gasteiger charge is -2.24. The highest BCUT2D eigenvalue weighted by atomic mass is 127. The highest BCUT2D eigenvalue weighted by Crippen LogP contribution is 2.32. The van der Waals surface area contributed by atoms with Gasteiger partial charge >= 0.3 is 0 Å². The van der Waals surface area contributed by atoms with Crippen molar-refractivity contribution in [3.63, 3.8) is 0 Å². The Bertz CT molecular complexity index is 804. The zero-order valence-electron chi connectivity index (χ0n) is 15.7. The summed E-state index contributed by atoms with van der Waals surface area (Å²) >= 11 is 0. The van der Waals surface area contributed by atoms with Crippen molar-refractivity contribution in [1.29, 1.82) is 0 Å². The Morgan fingerprint density at radius 2 is 1.96 bits per heavy atom. The van der Waals surface area contributed by atoms with Gasteiger partial charge in [0.25, 0.3) is 0 Å². The molecule has 1 amide bonds. The van der Waals surface area contributed by atoms with Gasteiger partial charge in [-0.15, -0.1) is 24.0 Å². The van der Waals surface area contributed by atoms with E-state index in [4.69, 9.17) is 5.73 Å². The first kappa shape index (κ1) is 21.2.